The van der Waals surface area contributed by atoms with Gasteiger partial charge in [-0.3, -0.25) is 4.79 Å². The Hall–Kier alpha value is -2.13. The summed E-state index contributed by atoms with van der Waals surface area (Å²) in [7, 11) is 0. The first-order valence-electron chi connectivity index (χ1n) is 6.86. The van der Waals surface area contributed by atoms with E-state index in [0.29, 0.717) is 18.5 Å². The zero-order chi connectivity index (χ0) is 14.4. The first-order valence-corrected chi connectivity index (χ1v) is 6.86. The molecule has 0 aliphatic carbocycles. The van der Waals surface area contributed by atoms with Gasteiger partial charge in [0.25, 0.3) is 5.91 Å². The van der Waals surface area contributed by atoms with Crippen LogP contribution < -0.4 is 11.1 Å². The van der Waals surface area contributed by atoms with E-state index in [-0.39, 0.29) is 11.9 Å². The summed E-state index contributed by atoms with van der Waals surface area (Å²) in [5, 5.41) is 3.03. The van der Waals surface area contributed by atoms with Crippen molar-refractivity contribution in [2.75, 3.05) is 6.54 Å². The highest BCUT2D eigenvalue weighted by Crippen LogP contribution is 2.14. The minimum Gasteiger partial charge on any atom is -0.346 e. The molecule has 2 aromatic rings. The maximum Gasteiger partial charge on any atom is 0.252 e. The number of carbonyl (C=O) groups excluding carboxylic acids is 1. The summed E-state index contributed by atoms with van der Waals surface area (Å²) in [5.74, 6) is -0.0506. The molecule has 104 valence electrons. The van der Waals surface area contributed by atoms with E-state index in [1.54, 1.807) is 0 Å². The normalized spacial score (nSPS) is 11.9. The molecule has 3 N–H and O–H groups in total. The molecule has 2 aromatic carbocycles. The molecule has 1 amide bonds. The maximum atomic E-state index is 12.4. The van der Waals surface area contributed by atoms with E-state index in [1.807, 2.05) is 61.5 Å². The smallest absolute Gasteiger partial charge is 0.252 e. The van der Waals surface area contributed by atoms with Crippen molar-refractivity contribution < 1.29 is 4.79 Å². The Morgan fingerprint density at radius 3 is 2.45 bits per heavy atom. The van der Waals surface area contributed by atoms with Crippen molar-refractivity contribution in [2.45, 2.75) is 19.4 Å². The van der Waals surface area contributed by atoms with Crippen LogP contribution >= 0.6 is 0 Å². The highest BCUT2D eigenvalue weighted by molar-refractivity contribution is 5.95. The fraction of sp³-hybridized carbons (Fsp3) is 0.235. The minimum atomic E-state index is -0.0506. The molecule has 0 spiro atoms. The van der Waals surface area contributed by atoms with Gasteiger partial charge in [-0.2, -0.15) is 0 Å². The molecular weight excluding hydrogens is 248 g/mol. The molecule has 3 heteroatoms. The summed E-state index contributed by atoms with van der Waals surface area (Å²) in [6.45, 7) is 2.53. The molecule has 1 atom stereocenters. The lowest BCUT2D eigenvalue weighted by molar-refractivity contribution is 0.0939. The van der Waals surface area contributed by atoms with Crippen molar-refractivity contribution >= 4 is 5.91 Å². The second-order valence-corrected chi connectivity index (χ2v) is 4.80. The quantitative estimate of drug-likeness (QED) is 0.876. The van der Waals surface area contributed by atoms with Crippen LogP contribution in [0, 0.1) is 0 Å². The average Bonchev–Trinajstić information content (AvgIpc) is 2.49. The SMILES string of the molecule is C[C@H](NC(=O)c1ccccc1CCN)c1ccccc1. The fourth-order valence-corrected chi connectivity index (χ4v) is 2.21. The molecule has 0 aliphatic rings. The Morgan fingerprint density at radius 2 is 1.75 bits per heavy atom. The van der Waals surface area contributed by atoms with Crippen molar-refractivity contribution in [3.8, 4) is 0 Å². The molecule has 0 heterocycles. The standard InChI is InChI=1S/C17H20N2O/c1-13(14-7-3-2-4-8-14)19-17(20)16-10-6-5-9-15(16)11-12-18/h2-10,13H,11-12,18H2,1H3,(H,19,20)/t13-/m0/s1. The largest absolute Gasteiger partial charge is 0.346 e. The zero-order valence-corrected chi connectivity index (χ0v) is 11.7. The Morgan fingerprint density at radius 1 is 1.10 bits per heavy atom. The number of rotatable bonds is 5. The van der Waals surface area contributed by atoms with Crippen LogP contribution in [-0.2, 0) is 6.42 Å². The number of benzene rings is 2. The summed E-state index contributed by atoms with van der Waals surface area (Å²) in [6, 6.07) is 17.5. The molecule has 0 unspecified atom stereocenters. The Labute approximate surface area is 119 Å². The summed E-state index contributed by atoms with van der Waals surface area (Å²) in [5.41, 5.74) is 8.39. The van der Waals surface area contributed by atoms with E-state index >= 15 is 0 Å². The van der Waals surface area contributed by atoms with Gasteiger partial charge in [-0.25, -0.2) is 0 Å². The van der Waals surface area contributed by atoms with E-state index in [4.69, 9.17) is 5.73 Å². The van der Waals surface area contributed by atoms with Crippen molar-refractivity contribution in [3.05, 3.63) is 71.3 Å². The number of hydrogen-bond donors (Lipinski definition) is 2. The second-order valence-electron chi connectivity index (χ2n) is 4.80. The first kappa shape index (κ1) is 14.3. The second kappa shape index (κ2) is 6.87. The zero-order valence-electron chi connectivity index (χ0n) is 11.7. The van der Waals surface area contributed by atoms with Crippen molar-refractivity contribution in [2.24, 2.45) is 5.73 Å². The van der Waals surface area contributed by atoms with Crippen LogP contribution in [0.4, 0.5) is 0 Å². The summed E-state index contributed by atoms with van der Waals surface area (Å²) in [4.78, 5) is 12.4. The molecular formula is C17H20N2O. The monoisotopic (exact) mass is 268 g/mol. The number of carbonyl (C=O) groups is 1. The Bertz CT molecular complexity index is 566. The predicted molar refractivity (Wildman–Crippen MR) is 81.5 cm³/mol. The van der Waals surface area contributed by atoms with Crippen LogP contribution in [0.1, 0.15) is 34.5 Å². The topological polar surface area (TPSA) is 55.1 Å². The van der Waals surface area contributed by atoms with Gasteiger partial charge in [-0.1, -0.05) is 48.5 Å². The maximum absolute atomic E-state index is 12.4. The van der Waals surface area contributed by atoms with Gasteiger partial charge in [0, 0.05) is 5.56 Å². The molecule has 0 aromatic heterocycles. The van der Waals surface area contributed by atoms with Crippen LogP contribution in [0.2, 0.25) is 0 Å². The van der Waals surface area contributed by atoms with Gasteiger partial charge in [0.05, 0.1) is 6.04 Å². The van der Waals surface area contributed by atoms with Crippen LogP contribution in [0.5, 0.6) is 0 Å². The van der Waals surface area contributed by atoms with Gasteiger partial charge in [0.1, 0.15) is 0 Å². The first-order chi connectivity index (χ1) is 9.72. The molecule has 0 bridgehead atoms. The molecule has 0 radical (unpaired) electrons. The van der Waals surface area contributed by atoms with Crippen LogP contribution in [0.3, 0.4) is 0 Å². The molecule has 2 rings (SSSR count). The number of amides is 1. The number of nitrogens with one attached hydrogen (secondary N) is 1. The lowest BCUT2D eigenvalue weighted by Crippen LogP contribution is -2.27. The third-order valence-electron chi connectivity index (χ3n) is 3.32. The van der Waals surface area contributed by atoms with Crippen molar-refractivity contribution in [1.29, 1.82) is 0 Å². The van der Waals surface area contributed by atoms with E-state index in [0.717, 1.165) is 11.1 Å². The summed E-state index contributed by atoms with van der Waals surface area (Å²) in [6.07, 6.45) is 0.712. The van der Waals surface area contributed by atoms with Gasteiger partial charge in [0.2, 0.25) is 0 Å². The van der Waals surface area contributed by atoms with Gasteiger partial charge < -0.3 is 11.1 Å². The van der Waals surface area contributed by atoms with Crippen molar-refractivity contribution in [1.82, 2.24) is 5.32 Å². The van der Waals surface area contributed by atoms with E-state index in [1.165, 1.54) is 0 Å². The molecule has 0 fully saturated rings. The van der Waals surface area contributed by atoms with E-state index in [2.05, 4.69) is 5.32 Å². The highest BCUT2D eigenvalue weighted by Gasteiger charge is 2.13. The number of nitrogens with two attached hydrogens (primary N) is 1. The van der Waals surface area contributed by atoms with Gasteiger partial charge in [0.15, 0.2) is 0 Å². The highest BCUT2D eigenvalue weighted by atomic mass is 16.1. The van der Waals surface area contributed by atoms with Gasteiger partial charge >= 0.3 is 0 Å². The fourth-order valence-electron chi connectivity index (χ4n) is 2.21. The van der Waals surface area contributed by atoms with Gasteiger partial charge in [-0.05, 0) is 37.1 Å². The van der Waals surface area contributed by atoms with Crippen LogP contribution in [0.25, 0.3) is 0 Å². The molecule has 20 heavy (non-hydrogen) atoms. The average molecular weight is 268 g/mol. The third-order valence-corrected chi connectivity index (χ3v) is 3.32. The van der Waals surface area contributed by atoms with E-state index in [9.17, 15) is 4.79 Å². The Kier molecular flexibility index (Phi) is 4.91. The molecule has 0 aliphatic heterocycles. The predicted octanol–water partition coefficient (Wildman–Crippen LogP) is 2.68. The van der Waals surface area contributed by atoms with Crippen molar-refractivity contribution in [3.63, 3.8) is 0 Å². The minimum absolute atomic E-state index is 0.0189. The van der Waals surface area contributed by atoms with Gasteiger partial charge in [-0.15, -0.1) is 0 Å². The van der Waals surface area contributed by atoms with Crippen LogP contribution in [-0.4, -0.2) is 12.5 Å². The molecule has 3 nitrogen and oxygen atoms in total. The lowest BCUT2D eigenvalue weighted by atomic mass is 10.0. The third kappa shape index (κ3) is 3.45. The lowest BCUT2D eigenvalue weighted by Gasteiger charge is -2.16. The molecule has 0 saturated carbocycles. The summed E-state index contributed by atoms with van der Waals surface area (Å²) >= 11 is 0. The Balaban J connectivity index is 2.12. The summed E-state index contributed by atoms with van der Waals surface area (Å²) < 4.78 is 0. The molecule has 0 saturated heterocycles. The van der Waals surface area contributed by atoms with E-state index < -0.39 is 0 Å². The van der Waals surface area contributed by atoms with Crippen LogP contribution in [0.15, 0.2) is 54.6 Å². The number of hydrogen-bond acceptors (Lipinski definition) is 2.